The Morgan fingerprint density at radius 2 is 1.92 bits per heavy atom. The molecule has 1 saturated carbocycles. The van der Waals surface area contributed by atoms with E-state index in [1.165, 1.54) is 25.3 Å². The van der Waals surface area contributed by atoms with Crippen LogP contribution in [0.25, 0.3) is 0 Å². The minimum Gasteiger partial charge on any atom is -0.380 e. The fourth-order valence-electron chi connectivity index (χ4n) is 3.07. The molecule has 0 spiro atoms. The molecule has 1 aliphatic rings. The number of carbonyl (C=O) groups is 1. The normalized spacial score (nSPS) is 15.8. The summed E-state index contributed by atoms with van der Waals surface area (Å²) < 4.78 is 33.0. The smallest absolute Gasteiger partial charge is 0.225 e. The number of hydrogen-bond acceptors (Lipinski definition) is 3. The first-order valence-electron chi connectivity index (χ1n) is 8.02. The van der Waals surface area contributed by atoms with Crippen molar-refractivity contribution in [1.82, 2.24) is 4.90 Å². The molecule has 0 saturated heterocycles. The van der Waals surface area contributed by atoms with Crippen LogP contribution in [0.3, 0.4) is 0 Å². The fourth-order valence-corrected chi connectivity index (χ4v) is 3.07. The number of halogens is 3. The maximum absolute atomic E-state index is 13.9. The molecule has 1 aliphatic carbocycles. The molecule has 1 atom stereocenters. The highest BCUT2D eigenvalue weighted by molar-refractivity contribution is 5.85. The van der Waals surface area contributed by atoms with Gasteiger partial charge in [-0.05, 0) is 25.0 Å². The lowest BCUT2D eigenvalue weighted by Gasteiger charge is -2.30. The summed E-state index contributed by atoms with van der Waals surface area (Å²) in [6.45, 7) is 0.178. The van der Waals surface area contributed by atoms with Crippen LogP contribution in [0.15, 0.2) is 18.2 Å². The molecule has 0 aromatic heterocycles. The van der Waals surface area contributed by atoms with Crippen molar-refractivity contribution in [3.63, 3.8) is 0 Å². The summed E-state index contributed by atoms with van der Waals surface area (Å²) in [5, 5.41) is 0. The van der Waals surface area contributed by atoms with E-state index in [4.69, 9.17) is 10.5 Å². The Kier molecular flexibility index (Phi) is 8.59. The Labute approximate surface area is 147 Å². The Bertz CT molecular complexity index is 515. The predicted octanol–water partition coefficient (Wildman–Crippen LogP) is 3.02. The topological polar surface area (TPSA) is 55.6 Å². The van der Waals surface area contributed by atoms with Crippen molar-refractivity contribution in [2.24, 2.45) is 5.73 Å². The van der Waals surface area contributed by atoms with E-state index in [2.05, 4.69) is 0 Å². The van der Waals surface area contributed by atoms with Crippen LogP contribution >= 0.6 is 12.4 Å². The van der Waals surface area contributed by atoms with Gasteiger partial charge in [-0.1, -0.05) is 18.9 Å². The number of nitrogens with two attached hydrogens (primary N) is 1. The van der Waals surface area contributed by atoms with Crippen LogP contribution in [0.2, 0.25) is 0 Å². The summed E-state index contributed by atoms with van der Waals surface area (Å²) in [4.78, 5) is 14.2. The van der Waals surface area contributed by atoms with E-state index in [1.807, 2.05) is 0 Å². The number of hydrogen-bond donors (Lipinski definition) is 1. The van der Waals surface area contributed by atoms with Gasteiger partial charge in [-0.3, -0.25) is 4.79 Å². The first-order chi connectivity index (χ1) is 11.1. The third-order valence-corrected chi connectivity index (χ3v) is 4.47. The number of nitrogens with zero attached hydrogens (tertiary/aromatic N) is 1. The first-order valence-corrected chi connectivity index (χ1v) is 8.02. The van der Waals surface area contributed by atoms with E-state index in [9.17, 15) is 13.6 Å². The molecule has 2 N–H and O–H groups in total. The van der Waals surface area contributed by atoms with Crippen LogP contribution in [0.4, 0.5) is 8.78 Å². The van der Waals surface area contributed by atoms with E-state index in [-0.39, 0.29) is 55.5 Å². The SMILES string of the molecule is COC(CN)CC(=O)N(Cc1c(F)cccc1F)C1CCCC1.Cl. The largest absolute Gasteiger partial charge is 0.380 e. The van der Waals surface area contributed by atoms with Gasteiger partial charge in [0.1, 0.15) is 11.6 Å². The van der Waals surface area contributed by atoms with Crippen molar-refractivity contribution in [3.8, 4) is 0 Å². The molecule has 24 heavy (non-hydrogen) atoms. The molecule has 0 radical (unpaired) electrons. The number of benzene rings is 1. The zero-order chi connectivity index (χ0) is 16.8. The van der Waals surface area contributed by atoms with Crippen molar-refractivity contribution in [3.05, 3.63) is 35.4 Å². The minimum absolute atomic E-state index is 0. The van der Waals surface area contributed by atoms with Gasteiger partial charge < -0.3 is 15.4 Å². The molecule has 0 bridgehead atoms. The quantitative estimate of drug-likeness (QED) is 0.811. The fraction of sp³-hybridized carbons (Fsp3) is 0.588. The van der Waals surface area contributed by atoms with E-state index in [1.54, 1.807) is 4.90 Å². The van der Waals surface area contributed by atoms with Crippen LogP contribution in [-0.2, 0) is 16.1 Å². The lowest BCUT2D eigenvalue weighted by molar-refractivity contribution is -0.136. The second-order valence-corrected chi connectivity index (χ2v) is 5.96. The van der Waals surface area contributed by atoms with Gasteiger partial charge in [-0.15, -0.1) is 12.4 Å². The standard InChI is InChI=1S/C17H24F2N2O2.ClH/c1-23-13(10-20)9-17(22)21(12-5-2-3-6-12)11-14-15(18)7-4-8-16(14)19;/h4,7-8,12-13H,2-3,5-6,9-11,20H2,1H3;1H. The van der Waals surface area contributed by atoms with E-state index in [0.717, 1.165) is 25.7 Å². The Hall–Kier alpha value is -1.24. The average molecular weight is 363 g/mol. The molecule has 4 nitrogen and oxygen atoms in total. The maximum atomic E-state index is 13.9. The molecule has 1 unspecified atom stereocenters. The first kappa shape index (κ1) is 20.8. The van der Waals surface area contributed by atoms with Crippen molar-refractivity contribution in [2.75, 3.05) is 13.7 Å². The molecule has 136 valence electrons. The van der Waals surface area contributed by atoms with Crippen molar-refractivity contribution in [1.29, 1.82) is 0 Å². The Morgan fingerprint density at radius 3 is 2.42 bits per heavy atom. The molecule has 2 rings (SSSR count). The van der Waals surface area contributed by atoms with Crippen LogP contribution in [-0.4, -0.2) is 36.6 Å². The molecular weight excluding hydrogens is 338 g/mol. The van der Waals surface area contributed by atoms with Crippen LogP contribution < -0.4 is 5.73 Å². The molecule has 1 aromatic rings. The van der Waals surface area contributed by atoms with Gasteiger partial charge in [0, 0.05) is 25.3 Å². The van der Waals surface area contributed by atoms with Gasteiger partial charge in [-0.2, -0.15) is 0 Å². The number of ether oxygens (including phenoxy) is 1. The van der Waals surface area contributed by atoms with Gasteiger partial charge in [0.25, 0.3) is 0 Å². The lowest BCUT2D eigenvalue weighted by atomic mass is 10.1. The second kappa shape index (κ2) is 9.91. The van der Waals surface area contributed by atoms with Gasteiger partial charge in [0.15, 0.2) is 0 Å². The van der Waals surface area contributed by atoms with Crippen LogP contribution in [0, 0.1) is 11.6 Å². The predicted molar refractivity (Wildman–Crippen MR) is 90.9 cm³/mol. The molecule has 1 amide bonds. The summed E-state index contributed by atoms with van der Waals surface area (Å²) in [5.41, 5.74) is 5.51. The highest BCUT2D eigenvalue weighted by atomic mass is 35.5. The summed E-state index contributed by atoms with van der Waals surface area (Å²) >= 11 is 0. The number of methoxy groups -OCH3 is 1. The molecular formula is C17H25ClF2N2O2. The summed E-state index contributed by atoms with van der Waals surface area (Å²) in [7, 11) is 1.50. The van der Waals surface area contributed by atoms with Gasteiger partial charge in [-0.25, -0.2) is 8.78 Å². The summed E-state index contributed by atoms with van der Waals surface area (Å²) in [6.07, 6.45) is 3.53. The molecule has 0 aliphatic heterocycles. The monoisotopic (exact) mass is 362 g/mol. The molecule has 0 heterocycles. The van der Waals surface area contributed by atoms with E-state index in [0.29, 0.717) is 0 Å². The number of carbonyl (C=O) groups excluding carboxylic acids is 1. The Morgan fingerprint density at radius 1 is 1.33 bits per heavy atom. The van der Waals surface area contributed by atoms with Gasteiger partial charge in [0.2, 0.25) is 5.91 Å². The second-order valence-electron chi connectivity index (χ2n) is 5.96. The molecule has 1 fully saturated rings. The van der Waals surface area contributed by atoms with E-state index < -0.39 is 11.6 Å². The van der Waals surface area contributed by atoms with Crippen molar-refractivity contribution in [2.45, 2.75) is 50.8 Å². The third kappa shape index (κ3) is 5.13. The molecule has 1 aromatic carbocycles. The third-order valence-electron chi connectivity index (χ3n) is 4.47. The van der Waals surface area contributed by atoms with Gasteiger partial charge >= 0.3 is 0 Å². The average Bonchev–Trinajstić information content (AvgIpc) is 3.06. The Balaban J connectivity index is 0.00000288. The zero-order valence-electron chi connectivity index (χ0n) is 13.8. The summed E-state index contributed by atoms with van der Waals surface area (Å²) in [6, 6.07) is 3.78. The maximum Gasteiger partial charge on any atom is 0.225 e. The lowest BCUT2D eigenvalue weighted by Crippen LogP contribution is -2.41. The minimum atomic E-state index is -0.622. The highest BCUT2D eigenvalue weighted by Gasteiger charge is 2.29. The van der Waals surface area contributed by atoms with Crippen molar-refractivity contribution < 1.29 is 18.3 Å². The van der Waals surface area contributed by atoms with Crippen LogP contribution in [0.1, 0.15) is 37.7 Å². The van der Waals surface area contributed by atoms with Crippen molar-refractivity contribution >= 4 is 18.3 Å². The van der Waals surface area contributed by atoms with Crippen LogP contribution in [0.5, 0.6) is 0 Å². The van der Waals surface area contributed by atoms with E-state index >= 15 is 0 Å². The number of amides is 1. The molecule has 7 heteroatoms. The summed E-state index contributed by atoms with van der Waals surface area (Å²) in [5.74, 6) is -1.41. The highest BCUT2D eigenvalue weighted by Crippen LogP contribution is 2.27. The number of rotatable bonds is 7. The zero-order valence-corrected chi connectivity index (χ0v) is 14.7. The van der Waals surface area contributed by atoms with Gasteiger partial charge in [0.05, 0.1) is 19.1 Å².